The van der Waals surface area contributed by atoms with Gasteiger partial charge in [-0.2, -0.15) is 0 Å². The molecule has 0 bridgehead atoms. The van der Waals surface area contributed by atoms with E-state index in [4.69, 9.17) is 0 Å². The first kappa shape index (κ1) is 16.5. The molecule has 1 aromatic heterocycles. The predicted molar refractivity (Wildman–Crippen MR) is 96.4 cm³/mol. The Kier molecular flexibility index (Phi) is 3.86. The van der Waals surface area contributed by atoms with Gasteiger partial charge in [0.05, 0.1) is 0 Å². The predicted octanol–water partition coefficient (Wildman–Crippen LogP) is 2.08. The molecule has 0 atom stereocenters. The molecule has 2 amide bonds. The topological polar surface area (TPSA) is 80.1 Å². The fourth-order valence-electron chi connectivity index (χ4n) is 3.41. The number of nitrogens with one attached hydrogen (secondary N) is 1. The summed E-state index contributed by atoms with van der Waals surface area (Å²) in [7, 11) is 0. The molecule has 0 unspecified atom stereocenters. The number of rotatable bonds is 4. The van der Waals surface area contributed by atoms with Crippen molar-refractivity contribution in [3.05, 3.63) is 41.7 Å². The Labute approximate surface area is 151 Å². The van der Waals surface area contributed by atoms with Crippen molar-refractivity contribution < 1.29 is 9.59 Å². The summed E-state index contributed by atoms with van der Waals surface area (Å²) in [5.41, 5.74) is 6.01. The second kappa shape index (κ2) is 6.09. The summed E-state index contributed by atoms with van der Waals surface area (Å²) in [5.74, 6) is 0.244. The van der Waals surface area contributed by atoms with Gasteiger partial charge >= 0.3 is 0 Å². The minimum absolute atomic E-state index is 0.0119. The van der Waals surface area contributed by atoms with Crippen LogP contribution in [0.15, 0.2) is 30.6 Å². The van der Waals surface area contributed by atoms with Gasteiger partial charge in [0.15, 0.2) is 5.82 Å². The lowest BCUT2D eigenvalue weighted by Gasteiger charge is -2.16. The molecule has 2 fully saturated rings. The van der Waals surface area contributed by atoms with Crippen molar-refractivity contribution in [1.82, 2.24) is 25.2 Å². The zero-order valence-electron chi connectivity index (χ0n) is 14.9. The Morgan fingerprint density at radius 3 is 2.62 bits per heavy atom. The number of aryl methyl sites for hydroxylation is 2. The maximum atomic E-state index is 12.1. The highest BCUT2D eigenvalue weighted by Gasteiger charge is 2.52. The lowest BCUT2D eigenvalue weighted by Crippen LogP contribution is -2.42. The molecule has 1 aromatic carbocycles. The maximum Gasteiger partial charge on any atom is 0.264 e. The number of aromatic nitrogens is 3. The third kappa shape index (κ3) is 3.37. The molecule has 7 heteroatoms. The molecule has 2 heterocycles. The largest absolute Gasteiger partial charge is 0.273 e. The van der Waals surface area contributed by atoms with Crippen molar-refractivity contribution in [2.75, 3.05) is 6.54 Å². The van der Waals surface area contributed by atoms with Crippen LogP contribution in [-0.2, 0) is 9.59 Å². The van der Waals surface area contributed by atoms with E-state index >= 15 is 0 Å². The van der Waals surface area contributed by atoms with E-state index in [1.54, 1.807) is 6.33 Å². The van der Waals surface area contributed by atoms with E-state index < -0.39 is 0 Å². The SMILES string of the molecule is Cc1cc(C)cc(-c2ncn(/C=C\C(=O)NN3CC4(CC4)CC3=O)n2)c1. The fourth-order valence-corrected chi connectivity index (χ4v) is 3.41. The Hall–Kier alpha value is -2.96. The highest BCUT2D eigenvalue weighted by atomic mass is 16.2. The Morgan fingerprint density at radius 2 is 1.96 bits per heavy atom. The molecule has 4 rings (SSSR count). The number of nitrogens with zero attached hydrogens (tertiary/aromatic N) is 4. The van der Waals surface area contributed by atoms with Crippen molar-refractivity contribution in [2.45, 2.75) is 33.1 Å². The van der Waals surface area contributed by atoms with Gasteiger partial charge in [0.2, 0.25) is 5.91 Å². The molecule has 0 radical (unpaired) electrons. The summed E-state index contributed by atoms with van der Waals surface area (Å²) < 4.78 is 1.49. The number of hydrazine groups is 1. The number of benzene rings is 1. The first-order valence-electron chi connectivity index (χ1n) is 8.72. The van der Waals surface area contributed by atoms with Crippen LogP contribution < -0.4 is 5.43 Å². The average Bonchev–Trinajstić information content (AvgIpc) is 3.03. The zero-order chi connectivity index (χ0) is 18.3. The summed E-state index contributed by atoms with van der Waals surface area (Å²) in [5, 5.41) is 5.81. The molecule has 1 saturated carbocycles. The number of carbonyl (C=O) groups excluding carboxylic acids is 2. The van der Waals surface area contributed by atoms with E-state index in [0.717, 1.165) is 29.5 Å². The average molecular weight is 351 g/mol. The van der Waals surface area contributed by atoms with Crippen LogP contribution >= 0.6 is 0 Å². The lowest BCUT2D eigenvalue weighted by molar-refractivity contribution is -0.136. The van der Waals surface area contributed by atoms with Gasteiger partial charge in [-0.15, -0.1) is 5.10 Å². The summed E-state index contributed by atoms with van der Waals surface area (Å²) >= 11 is 0. The molecule has 1 spiro atoms. The first-order chi connectivity index (χ1) is 12.4. The van der Waals surface area contributed by atoms with Crippen LogP contribution in [-0.4, -0.2) is 38.1 Å². The number of carbonyl (C=O) groups is 2. The van der Waals surface area contributed by atoms with Gasteiger partial charge in [-0.05, 0) is 44.2 Å². The molecular weight excluding hydrogens is 330 g/mol. The second-order valence-corrected chi connectivity index (χ2v) is 7.37. The van der Waals surface area contributed by atoms with E-state index in [9.17, 15) is 9.59 Å². The van der Waals surface area contributed by atoms with Crippen molar-refractivity contribution in [3.8, 4) is 11.4 Å². The van der Waals surface area contributed by atoms with Gasteiger partial charge < -0.3 is 0 Å². The minimum Gasteiger partial charge on any atom is -0.273 e. The standard InChI is InChI=1S/C19H21N5O2/c1-13-7-14(2)9-15(8-13)18-20-12-23(22-18)6-3-16(25)21-24-11-19(4-5-19)10-17(24)26/h3,6-9,12H,4-5,10-11H2,1-2H3,(H,21,25)/b6-3-. The number of hydrogen-bond acceptors (Lipinski definition) is 4. The van der Waals surface area contributed by atoms with Gasteiger partial charge in [-0.3, -0.25) is 20.0 Å². The Morgan fingerprint density at radius 1 is 1.23 bits per heavy atom. The fraction of sp³-hybridized carbons (Fsp3) is 0.368. The maximum absolute atomic E-state index is 12.1. The molecule has 1 N–H and O–H groups in total. The number of amides is 2. The molecule has 2 aliphatic rings. The van der Waals surface area contributed by atoms with Crippen LogP contribution in [0.3, 0.4) is 0 Å². The highest BCUT2D eigenvalue weighted by Crippen LogP contribution is 2.52. The molecular formula is C19H21N5O2. The summed E-state index contributed by atoms with van der Waals surface area (Å²) in [4.78, 5) is 28.3. The van der Waals surface area contributed by atoms with Gasteiger partial charge in [0, 0.05) is 30.8 Å². The van der Waals surface area contributed by atoms with E-state index in [-0.39, 0.29) is 17.2 Å². The van der Waals surface area contributed by atoms with Crippen LogP contribution in [0.25, 0.3) is 17.6 Å². The van der Waals surface area contributed by atoms with Gasteiger partial charge in [-0.25, -0.2) is 9.67 Å². The van der Waals surface area contributed by atoms with E-state index in [1.165, 1.54) is 22.0 Å². The molecule has 1 saturated heterocycles. The third-order valence-corrected chi connectivity index (χ3v) is 4.89. The van der Waals surface area contributed by atoms with E-state index in [0.29, 0.717) is 18.8 Å². The van der Waals surface area contributed by atoms with Crippen LogP contribution in [0.4, 0.5) is 0 Å². The zero-order valence-corrected chi connectivity index (χ0v) is 14.9. The molecule has 2 aromatic rings. The van der Waals surface area contributed by atoms with Crippen molar-refractivity contribution >= 4 is 18.0 Å². The number of hydrogen-bond donors (Lipinski definition) is 1. The van der Waals surface area contributed by atoms with E-state index in [1.807, 2.05) is 26.0 Å². The lowest BCUT2D eigenvalue weighted by atomic mass is 10.1. The van der Waals surface area contributed by atoms with E-state index in [2.05, 4.69) is 21.6 Å². The normalized spacial score (nSPS) is 18.1. The van der Waals surface area contributed by atoms with Crippen LogP contribution in [0.2, 0.25) is 0 Å². The van der Waals surface area contributed by atoms with Crippen LogP contribution in [0, 0.1) is 19.3 Å². The van der Waals surface area contributed by atoms with Gasteiger partial charge in [0.25, 0.3) is 5.91 Å². The third-order valence-electron chi connectivity index (χ3n) is 4.89. The smallest absolute Gasteiger partial charge is 0.264 e. The Balaban J connectivity index is 1.40. The minimum atomic E-state index is -0.348. The first-order valence-corrected chi connectivity index (χ1v) is 8.72. The molecule has 7 nitrogen and oxygen atoms in total. The van der Waals surface area contributed by atoms with Gasteiger partial charge in [0.1, 0.15) is 6.33 Å². The Bertz CT molecular complexity index is 890. The van der Waals surface area contributed by atoms with Crippen LogP contribution in [0.5, 0.6) is 0 Å². The molecule has 134 valence electrons. The second-order valence-electron chi connectivity index (χ2n) is 7.37. The molecule has 1 aliphatic heterocycles. The summed E-state index contributed by atoms with van der Waals surface area (Å²) in [6, 6.07) is 6.14. The van der Waals surface area contributed by atoms with Crippen molar-refractivity contribution in [2.24, 2.45) is 5.41 Å². The highest BCUT2D eigenvalue weighted by molar-refractivity contribution is 5.92. The quantitative estimate of drug-likeness (QED) is 0.855. The van der Waals surface area contributed by atoms with Crippen molar-refractivity contribution in [3.63, 3.8) is 0 Å². The van der Waals surface area contributed by atoms with Crippen LogP contribution in [0.1, 0.15) is 30.4 Å². The van der Waals surface area contributed by atoms with Crippen molar-refractivity contribution in [1.29, 1.82) is 0 Å². The monoisotopic (exact) mass is 351 g/mol. The summed E-state index contributed by atoms with van der Waals surface area (Å²) in [6.45, 7) is 4.68. The molecule has 26 heavy (non-hydrogen) atoms. The molecule has 1 aliphatic carbocycles. The summed E-state index contributed by atoms with van der Waals surface area (Å²) in [6.07, 6.45) is 7.12. The van der Waals surface area contributed by atoms with Gasteiger partial charge in [-0.1, -0.05) is 17.2 Å².